The van der Waals surface area contributed by atoms with Crippen molar-refractivity contribution in [2.75, 3.05) is 54.6 Å². The number of rotatable bonds is 10. The van der Waals surface area contributed by atoms with Gasteiger partial charge in [0.1, 0.15) is 0 Å². The molecule has 43 heavy (non-hydrogen) atoms. The number of hydrogen-bond donors (Lipinski definition) is 2. The number of nitrogens with zero attached hydrogens (tertiary/aromatic N) is 3. The third-order valence-electron chi connectivity index (χ3n) is 7.81. The lowest BCUT2D eigenvalue weighted by Crippen LogP contribution is -2.30. The van der Waals surface area contributed by atoms with Crippen molar-refractivity contribution in [2.45, 2.75) is 19.5 Å². The Kier molecular flexibility index (Phi) is 9.54. The molecule has 1 aromatic heterocycles. The molecule has 1 aliphatic rings. The van der Waals surface area contributed by atoms with E-state index < -0.39 is 0 Å². The minimum atomic E-state index is -0.249. The zero-order valence-corrected chi connectivity index (χ0v) is 25.2. The minimum absolute atomic E-state index is 0.197. The van der Waals surface area contributed by atoms with Gasteiger partial charge in [0.05, 0.1) is 34.1 Å². The van der Waals surface area contributed by atoms with E-state index in [1.807, 2.05) is 30.5 Å². The first-order chi connectivity index (χ1) is 20.9. The Balaban J connectivity index is 1.24. The van der Waals surface area contributed by atoms with Crippen LogP contribution in [0, 0.1) is 0 Å². The van der Waals surface area contributed by atoms with E-state index in [9.17, 15) is 10.2 Å². The molecule has 2 heterocycles. The highest BCUT2D eigenvalue weighted by Gasteiger charge is 2.18. The summed E-state index contributed by atoms with van der Waals surface area (Å²) in [6, 6.07) is 19.6. The number of phenolic OH excluding ortho intramolecular Hbond substituents is 2. The predicted octanol–water partition coefficient (Wildman–Crippen LogP) is 5.57. The fraction of sp³-hybridized carbons (Fsp3) is 0.324. The van der Waals surface area contributed by atoms with Crippen LogP contribution in [0.2, 0.25) is 0 Å². The van der Waals surface area contributed by atoms with Gasteiger partial charge in [-0.2, -0.15) is 0 Å². The highest BCUT2D eigenvalue weighted by molar-refractivity contribution is 5.71. The van der Waals surface area contributed by atoms with Gasteiger partial charge in [0, 0.05) is 37.9 Å². The summed E-state index contributed by atoms with van der Waals surface area (Å²) >= 11 is 0. The van der Waals surface area contributed by atoms with E-state index in [0.717, 1.165) is 68.1 Å². The van der Waals surface area contributed by atoms with Crippen molar-refractivity contribution in [3.05, 3.63) is 78.0 Å². The maximum absolute atomic E-state index is 10.1. The first-order valence-electron chi connectivity index (χ1n) is 14.3. The van der Waals surface area contributed by atoms with Gasteiger partial charge in [-0.1, -0.05) is 18.2 Å². The zero-order valence-electron chi connectivity index (χ0n) is 25.2. The predicted molar refractivity (Wildman–Crippen MR) is 166 cm³/mol. The molecule has 9 heteroatoms. The maximum atomic E-state index is 10.1. The Morgan fingerprint density at radius 1 is 0.651 bits per heavy atom. The van der Waals surface area contributed by atoms with E-state index in [2.05, 4.69) is 39.0 Å². The molecule has 0 unspecified atom stereocenters. The van der Waals surface area contributed by atoms with Crippen LogP contribution in [0.3, 0.4) is 0 Å². The summed E-state index contributed by atoms with van der Waals surface area (Å²) in [5.74, 6) is 1.56. The molecule has 1 fully saturated rings. The van der Waals surface area contributed by atoms with Crippen molar-refractivity contribution in [3.63, 3.8) is 0 Å². The van der Waals surface area contributed by atoms with Crippen LogP contribution < -0.4 is 18.9 Å². The number of hydrogen-bond acceptors (Lipinski definition) is 9. The molecular formula is C34H39N3O6. The van der Waals surface area contributed by atoms with E-state index >= 15 is 0 Å². The van der Waals surface area contributed by atoms with Crippen molar-refractivity contribution in [1.82, 2.24) is 14.8 Å². The second-order valence-corrected chi connectivity index (χ2v) is 10.6. The Morgan fingerprint density at radius 3 is 1.91 bits per heavy atom. The molecule has 0 bridgehead atoms. The zero-order chi connectivity index (χ0) is 30.3. The van der Waals surface area contributed by atoms with Crippen molar-refractivity contribution in [3.8, 4) is 56.9 Å². The molecule has 5 rings (SSSR count). The van der Waals surface area contributed by atoms with Gasteiger partial charge in [-0.25, -0.2) is 0 Å². The monoisotopic (exact) mass is 585 g/mol. The Hall–Kier alpha value is -4.47. The molecule has 0 radical (unpaired) electrons. The van der Waals surface area contributed by atoms with Gasteiger partial charge in [-0.3, -0.25) is 14.8 Å². The van der Waals surface area contributed by atoms with Crippen LogP contribution >= 0.6 is 0 Å². The number of phenols is 2. The SMILES string of the molecule is COc1cc(-c2cccc(CN3CCCN(Cc4ccnc(-c5cc(OC)c(OC)c(OC)c5)c4)CC3)c2)cc(O)c1O. The maximum Gasteiger partial charge on any atom is 0.203 e. The van der Waals surface area contributed by atoms with Gasteiger partial charge in [0.25, 0.3) is 0 Å². The number of benzene rings is 3. The number of aromatic nitrogens is 1. The van der Waals surface area contributed by atoms with Crippen LogP contribution in [0.4, 0.5) is 0 Å². The van der Waals surface area contributed by atoms with Gasteiger partial charge in [0.15, 0.2) is 23.0 Å². The van der Waals surface area contributed by atoms with E-state index in [4.69, 9.17) is 18.9 Å². The first kappa shape index (κ1) is 30.0. The van der Waals surface area contributed by atoms with Crippen molar-refractivity contribution >= 4 is 0 Å². The fourth-order valence-corrected chi connectivity index (χ4v) is 5.58. The topological polar surface area (TPSA) is 96.8 Å². The van der Waals surface area contributed by atoms with E-state index in [0.29, 0.717) is 17.2 Å². The lowest BCUT2D eigenvalue weighted by atomic mass is 10.0. The molecule has 226 valence electrons. The van der Waals surface area contributed by atoms with Crippen LogP contribution in [-0.2, 0) is 13.1 Å². The number of methoxy groups -OCH3 is 4. The second kappa shape index (κ2) is 13.7. The molecule has 0 spiro atoms. The molecule has 2 N–H and O–H groups in total. The average molecular weight is 586 g/mol. The fourth-order valence-electron chi connectivity index (χ4n) is 5.58. The van der Waals surface area contributed by atoms with Crippen molar-refractivity contribution in [1.29, 1.82) is 0 Å². The smallest absolute Gasteiger partial charge is 0.203 e. The summed E-state index contributed by atoms with van der Waals surface area (Å²) in [4.78, 5) is 9.61. The molecule has 0 amide bonds. The highest BCUT2D eigenvalue weighted by atomic mass is 16.5. The summed E-state index contributed by atoms with van der Waals surface area (Å²) in [5, 5.41) is 20.1. The lowest BCUT2D eigenvalue weighted by Gasteiger charge is -2.22. The van der Waals surface area contributed by atoms with Gasteiger partial charge >= 0.3 is 0 Å². The molecular weight excluding hydrogens is 546 g/mol. The van der Waals surface area contributed by atoms with E-state index in [1.165, 1.54) is 18.2 Å². The van der Waals surface area contributed by atoms with Gasteiger partial charge in [-0.05, 0) is 84.2 Å². The number of ether oxygens (including phenoxy) is 4. The summed E-state index contributed by atoms with van der Waals surface area (Å²) in [7, 11) is 6.30. The summed E-state index contributed by atoms with van der Waals surface area (Å²) < 4.78 is 21.8. The molecule has 1 saturated heterocycles. The van der Waals surface area contributed by atoms with Crippen LogP contribution in [-0.4, -0.2) is 79.6 Å². The summed E-state index contributed by atoms with van der Waals surface area (Å²) in [6.07, 6.45) is 2.93. The molecule has 0 saturated carbocycles. The van der Waals surface area contributed by atoms with Crippen LogP contribution in [0.25, 0.3) is 22.4 Å². The number of pyridine rings is 1. The van der Waals surface area contributed by atoms with Crippen LogP contribution in [0.5, 0.6) is 34.5 Å². The summed E-state index contributed by atoms with van der Waals surface area (Å²) in [6.45, 7) is 5.64. The minimum Gasteiger partial charge on any atom is -0.504 e. The van der Waals surface area contributed by atoms with Crippen LogP contribution in [0.1, 0.15) is 17.5 Å². The standard InChI is InChI=1S/C34H39N3O6/c1-40-30-18-26(17-29(38)33(30)39)25-8-5-7-23(15-25)21-36-11-6-12-37(14-13-36)22-24-9-10-35-28(16-24)27-19-31(41-2)34(43-4)32(20-27)42-3/h5,7-10,15-20,38-39H,6,11-14,21-22H2,1-4H3. The quantitative estimate of drug-likeness (QED) is 0.232. The Morgan fingerprint density at radius 2 is 1.28 bits per heavy atom. The second-order valence-electron chi connectivity index (χ2n) is 10.6. The van der Waals surface area contributed by atoms with Gasteiger partial charge in [-0.15, -0.1) is 0 Å². The molecule has 9 nitrogen and oxygen atoms in total. The largest absolute Gasteiger partial charge is 0.504 e. The third kappa shape index (κ3) is 6.96. The normalized spacial score (nSPS) is 14.2. The highest BCUT2D eigenvalue weighted by Crippen LogP contribution is 2.41. The number of aromatic hydroxyl groups is 2. The van der Waals surface area contributed by atoms with Gasteiger partial charge in [0.2, 0.25) is 11.5 Å². The Bertz CT molecular complexity index is 1530. The van der Waals surface area contributed by atoms with Gasteiger partial charge < -0.3 is 29.2 Å². The average Bonchev–Trinajstić information content (AvgIpc) is 3.26. The van der Waals surface area contributed by atoms with Crippen molar-refractivity contribution in [2.24, 2.45) is 0 Å². The Labute approximate surface area is 252 Å². The van der Waals surface area contributed by atoms with Crippen LogP contribution in [0.15, 0.2) is 66.9 Å². The molecule has 3 aromatic carbocycles. The summed E-state index contributed by atoms with van der Waals surface area (Å²) in [5.41, 5.74) is 5.91. The van der Waals surface area contributed by atoms with E-state index in [1.54, 1.807) is 33.5 Å². The van der Waals surface area contributed by atoms with Crippen molar-refractivity contribution < 1.29 is 29.2 Å². The molecule has 1 aliphatic heterocycles. The first-order valence-corrected chi connectivity index (χ1v) is 14.3. The molecule has 4 aromatic rings. The third-order valence-corrected chi connectivity index (χ3v) is 7.81. The molecule has 0 aliphatic carbocycles. The molecule has 0 atom stereocenters. The van der Waals surface area contributed by atoms with E-state index in [-0.39, 0.29) is 17.2 Å². The lowest BCUT2D eigenvalue weighted by molar-refractivity contribution is 0.247.